The predicted molar refractivity (Wildman–Crippen MR) is 74.9 cm³/mol. The maximum Gasteiger partial charge on any atom is 0.320 e. The normalized spacial score (nSPS) is 16.6. The lowest BCUT2D eigenvalue weighted by Gasteiger charge is -2.21. The first-order valence-electron chi connectivity index (χ1n) is 6.84. The van der Waals surface area contributed by atoms with E-state index >= 15 is 0 Å². The highest BCUT2D eigenvalue weighted by Crippen LogP contribution is 2.22. The summed E-state index contributed by atoms with van der Waals surface area (Å²) in [5.41, 5.74) is 2.73. The fourth-order valence-electron chi connectivity index (χ4n) is 2.55. The van der Waals surface area contributed by atoms with Crippen molar-refractivity contribution in [3.63, 3.8) is 0 Å². The largest absolute Gasteiger partial charge is 0.480 e. The molecular weight excluding hydrogens is 240 g/mol. The Labute approximate surface area is 114 Å². The number of carboxylic acid groups (broad SMARTS) is 1. The van der Waals surface area contributed by atoms with E-state index in [-0.39, 0.29) is 6.04 Å². The first-order valence-corrected chi connectivity index (χ1v) is 6.84. The van der Waals surface area contributed by atoms with Crippen molar-refractivity contribution in [3.8, 4) is 0 Å². The van der Waals surface area contributed by atoms with E-state index in [1.54, 1.807) is 0 Å². The van der Waals surface area contributed by atoms with Crippen molar-refractivity contribution in [2.75, 3.05) is 6.54 Å². The minimum atomic E-state index is -0.759. The molecule has 1 atom stereocenters. The molecule has 0 spiro atoms. The van der Waals surface area contributed by atoms with E-state index in [9.17, 15) is 9.90 Å². The molecule has 0 aliphatic carbocycles. The standard InChI is InChI=1S/C15H22N2O2/c1-11(2)16-14(15(18)19)7-8-17-9-12-5-3-4-6-13(12)10-17/h3-6,11,14,16H,7-10H2,1-2H3,(H,18,19). The van der Waals surface area contributed by atoms with Crippen molar-refractivity contribution in [2.24, 2.45) is 0 Å². The number of hydrogen-bond donors (Lipinski definition) is 2. The third kappa shape index (κ3) is 3.78. The molecule has 0 saturated heterocycles. The molecule has 1 aromatic carbocycles. The Morgan fingerprint density at radius 2 is 1.89 bits per heavy atom. The van der Waals surface area contributed by atoms with E-state index < -0.39 is 12.0 Å². The lowest BCUT2D eigenvalue weighted by atomic mass is 10.1. The van der Waals surface area contributed by atoms with Crippen molar-refractivity contribution < 1.29 is 9.90 Å². The quantitative estimate of drug-likeness (QED) is 0.821. The van der Waals surface area contributed by atoms with Crippen LogP contribution in [0.3, 0.4) is 0 Å². The van der Waals surface area contributed by atoms with E-state index in [1.165, 1.54) is 11.1 Å². The summed E-state index contributed by atoms with van der Waals surface area (Å²) in [7, 11) is 0. The molecule has 0 fully saturated rings. The van der Waals surface area contributed by atoms with Gasteiger partial charge in [-0.2, -0.15) is 0 Å². The average molecular weight is 262 g/mol. The van der Waals surface area contributed by atoms with Gasteiger partial charge in [0.05, 0.1) is 0 Å². The number of nitrogens with one attached hydrogen (secondary N) is 1. The molecule has 4 heteroatoms. The molecule has 0 bridgehead atoms. The minimum Gasteiger partial charge on any atom is -0.480 e. The number of hydrogen-bond acceptors (Lipinski definition) is 3. The van der Waals surface area contributed by atoms with Gasteiger partial charge in [-0.15, -0.1) is 0 Å². The summed E-state index contributed by atoms with van der Waals surface area (Å²) in [5, 5.41) is 12.3. The fourth-order valence-corrected chi connectivity index (χ4v) is 2.55. The van der Waals surface area contributed by atoms with Gasteiger partial charge in [0.1, 0.15) is 6.04 Å². The molecule has 0 saturated carbocycles. The lowest BCUT2D eigenvalue weighted by molar-refractivity contribution is -0.140. The Morgan fingerprint density at radius 1 is 1.32 bits per heavy atom. The van der Waals surface area contributed by atoms with E-state index in [4.69, 9.17) is 0 Å². The van der Waals surface area contributed by atoms with Crippen molar-refractivity contribution in [1.82, 2.24) is 10.2 Å². The monoisotopic (exact) mass is 262 g/mol. The molecular formula is C15H22N2O2. The van der Waals surface area contributed by atoms with Crippen molar-refractivity contribution in [3.05, 3.63) is 35.4 Å². The summed E-state index contributed by atoms with van der Waals surface area (Å²) >= 11 is 0. The summed E-state index contributed by atoms with van der Waals surface area (Å²) in [6.45, 7) is 6.63. The van der Waals surface area contributed by atoms with E-state index in [0.717, 1.165) is 19.6 Å². The molecule has 2 rings (SSSR count). The van der Waals surface area contributed by atoms with Crippen molar-refractivity contribution >= 4 is 5.97 Å². The molecule has 0 radical (unpaired) electrons. The molecule has 1 aliphatic rings. The second kappa shape index (κ2) is 6.17. The molecule has 19 heavy (non-hydrogen) atoms. The summed E-state index contributed by atoms with van der Waals surface area (Å²) in [4.78, 5) is 13.5. The number of rotatable bonds is 6. The van der Waals surface area contributed by atoms with E-state index in [2.05, 4.69) is 34.5 Å². The van der Waals surface area contributed by atoms with Gasteiger partial charge in [-0.1, -0.05) is 38.1 Å². The number of nitrogens with zero attached hydrogens (tertiary/aromatic N) is 1. The third-order valence-corrected chi connectivity index (χ3v) is 3.47. The topological polar surface area (TPSA) is 52.6 Å². The van der Waals surface area contributed by atoms with Crippen molar-refractivity contribution in [2.45, 2.75) is 45.4 Å². The van der Waals surface area contributed by atoms with Crippen LogP contribution in [0.5, 0.6) is 0 Å². The number of fused-ring (bicyclic) bond motifs is 1. The maximum atomic E-state index is 11.2. The van der Waals surface area contributed by atoms with Gasteiger partial charge in [0.15, 0.2) is 0 Å². The Bertz CT molecular complexity index is 421. The van der Waals surface area contributed by atoms with Crippen LogP contribution in [0.2, 0.25) is 0 Å². The van der Waals surface area contributed by atoms with Crippen LogP contribution in [0, 0.1) is 0 Å². The van der Waals surface area contributed by atoms with Crippen LogP contribution < -0.4 is 5.32 Å². The molecule has 0 amide bonds. The number of benzene rings is 1. The van der Waals surface area contributed by atoms with Crippen molar-refractivity contribution in [1.29, 1.82) is 0 Å². The first kappa shape index (κ1) is 14.0. The Kier molecular flexibility index (Phi) is 4.56. The lowest BCUT2D eigenvalue weighted by Crippen LogP contribution is -2.42. The smallest absolute Gasteiger partial charge is 0.320 e. The summed E-state index contributed by atoms with van der Waals surface area (Å²) in [5.74, 6) is -0.759. The van der Waals surface area contributed by atoms with Crippen LogP contribution in [0.1, 0.15) is 31.4 Å². The molecule has 1 unspecified atom stereocenters. The average Bonchev–Trinajstić information content (AvgIpc) is 2.76. The van der Waals surface area contributed by atoms with Gasteiger partial charge in [0, 0.05) is 25.7 Å². The van der Waals surface area contributed by atoms with Gasteiger partial charge < -0.3 is 10.4 Å². The molecule has 1 aromatic rings. The number of carboxylic acids is 1. The zero-order chi connectivity index (χ0) is 13.8. The number of carbonyl (C=O) groups is 1. The molecule has 0 aromatic heterocycles. The second-order valence-corrected chi connectivity index (χ2v) is 5.48. The van der Waals surface area contributed by atoms with Crippen LogP contribution in [0.15, 0.2) is 24.3 Å². The molecule has 1 heterocycles. The molecule has 4 nitrogen and oxygen atoms in total. The van der Waals surface area contributed by atoms with Gasteiger partial charge in [-0.05, 0) is 17.5 Å². The Morgan fingerprint density at radius 3 is 2.37 bits per heavy atom. The highest BCUT2D eigenvalue weighted by atomic mass is 16.4. The molecule has 2 N–H and O–H groups in total. The van der Waals surface area contributed by atoms with Gasteiger partial charge in [0.25, 0.3) is 0 Å². The number of aliphatic carboxylic acids is 1. The Balaban J connectivity index is 1.85. The SMILES string of the molecule is CC(C)NC(CCN1Cc2ccccc2C1)C(=O)O. The highest BCUT2D eigenvalue weighted by Gasteiger charge is 2.22. The van der Waals surface area contributed by atoms with E-state index in [0.29, 0.717) is 6.42 Å². The maximum absolute atomic E-state index is 11.2. The Hall–Kier alpha value is -1.39. The predicted octanol–water partition coefficient (Wildman–Crippen LogP) is 1.84. The van der Waals surface area contributed by atoms with Gasteiger partial charge in [-0.25, -0.2) is 0 Å². The zero-order valence-electron chi connectivity index (χ0n) is 11.6. The molecule has 104 valence electrons. The van der Waals surface area contributed by atoms with Gasteiger partial charge in [-0.3, -0.25) is 9.69 Å². The second-order valence-electron chi connectivity index (χ2n) is 5.48. The minimum absolute atomic E-state index is 0.192. The van der Waals surface area contributed by atoms with Crippen LogP contribution in [0.25, 0.3) is 0 Å². The van der Waals surface area contributed by atoms with Gasteiger partial charge in [0.2, 0.25) is 0 Å². The van der Waals surface area contributed by atoms with Crippen LogP contribution in [0.4, 0.5) is 0 Å². The summed E-state index contributed by atoms with van der Waals surface area (Å²) in [6, 6.07) is 8.15. The van der Waals surface area contributed by atoms with Crippen LogP contribution in [-0.4, -0.2) is 34.6 Å². The third-order valence-electron chi connectivity index (χ3n) is 3.47. The van der Waals surface area contributed by atoms with Crippen LogP contribution >= 0.6 is 0 Å². The first-order chi connectivity index (χ1) is 9.06. The fraction of sp³-hybridized carbons (Fsp3) is 0.533. The van der Waals surface area contributed by atoms with Crippen LogP contribution in [-0.2, 0) is 17.9 Å². The summed E-state index contributed by atoms with van der Waals surface area (Å²) in [6.07, 6.45) is 0.640. The van der Waals surface area contributed by atoms with Gasteiger partial charge >= 0.3 is 5.97 Å². The van der Waals surface area contributed by atoms with E-state index in [1.807, 2.05) is 13.8 Å². The highest BCUT2D eigenvalue weighted by molar-refractivity contribution is 5.73. The zero-order valence-corrected chi connectivity index (χ0v) is 11.6. The molecule has 1 aliphatic heterocycles. The summed E-state index contributed by atoms with van der Waals surface area (Å²) < 4.78 is 0.